The lowest BCUT2D eigenvalue weighted by molar-refractivity contribution is -0.144. The minimum absolute atomic E-state index is 0.243. The molecule has 20 heavy (non-hydrogen) atoms. The molecule has 0 spiro atoms. The molecular weight excluding hydrogens is 324 g/mol. The van der Waals surface area contributed by atoms with Crippen molar-refractivity contribution >= 4 is 34.1 Å². The van der Waals surface area contributed by atoms with E-state index in [1.54, 1.807) is 18.0 Å². The molecule has 2 rings (SSSR count). The van der Waals surface area contributed by atoms with E-state index in [2.05, 4.69) is 20.9 Å². The molecule has 0 bridgehead atoms. The lowest BCUT2D eigenvalue weighted by Crippen LogP contribution is -2.35. The van der Waals surface area contributed by atoms with Crippen LogP contribution in [0.5, 0.6) is 0 Å². The highest BCUT2D eigenvalue weighted by atomic mass is 79.9. The van der Waals surface area contributed by atoms with Crippen molar-refractivity contribution < 1.29 is 14.3 Å². The van der Waals surface area contributed by atoms with E-state index >= 15 is 0 Å². The normalized spacial score (nSPS) is 20.6. The summed E-state index contributed by atoms with van der Waals surface area (Å²) in [5.74, 6) is 0.391. The van der Waals surface area contributed by atoms with Gasteiger partial charge >= 0.3 is 5.97 Å². The molecule has 1 unspecified atom stereocenters. The highest BCUT2D eigenvalue weighted by molar-refractivity contribution is 9.10. The Bertz CT molecular complexity index is 535. The lowest BCUT2D eigenvalue weighted by Gasteiger charge is -2.27. The predicted molar refractivity (Wildman–Crippen MR) is 78.6 cm³/mol. The summed E-state index contributed by atoms with van der Waals surface area (Å²) < 4.78 is 5.91. The summed E-state index contributed by atoms with van der Waals surface area (Å²) in [6.45, 7) is 4.62. The number of pyridine rings is 1. The number of anilines is 1. The molecule has 1 aromatic rings. The average Bonchev–Trinajstić information content (AvgIpc) is 2.73. The summed E-state index contributed by atoms with van der Waals surface area (Å²) >= 11 is 3.40. The van der Waals surface area contributed by atoms with E-state index in [0.717, 1.165) is 22.9 Å². The van der Waals surface area contributed by atoms with Crippen LogP contribution in [-0.4, -0.2) is 30.5 Å². The smallest absolute Gasteiger partial charge is 0.306 e. The number of carbonyl (C=O) groups is 2. The van der Waals surface area contributed by atoms with Gasteiger partial charge in [0.25, 0.3) is 0 Å². The number of nitrogens with zero attached hydrogens (tertiary/aromatic N) is 2. The average molecular weight is 341 g/mol. The minimum Gasteiger partial charge on any atom is -0.466 e. The highest BCUT2D eigenvalue weighted by Crippen LogP contribution is 2.44. The standard InChI is InChI=1S/C14H17BrN2O3/c1-3-14(6-12(19)20-4-2)8-17(9-18)13-11(14)5-10(15)7-16-13/h5,7,9H,3-4,6,8H2,1-2H3. The van der Waals surface area contributed by atoms with Crippen LogP contribution in [0.1, 0.15) is 32.3 Å². The van der Waals surface area contributed by atoms with Crippen LogP contribution in [0.2, 0.25) is 0 Å². The van der Waals surface area contributed by atoms with Crippen LogP contribution in [0.25, 0.3) is 0 Å². The fraction of sp³-hybridized carbons (Fsp3) is 0.500. The largest absolute Gasteiger partial charge is 0.466 e. The molecule has 0 aliphatic carbocycles. The van der Waals surface area contributed by atoms with Crippen LogP contribution >= 0.6 is 15.9 Å². The number of aromatic nitrogens is 1. The SMILES string of the molecule is CCOC(=O)CC1(CC)CN(C=O)c2ncc(Br)cc21. The van der Waals surface area contributed by atoms with Gasteiger partial charge in [0.1, 0.15) is 5.82 Å². The molecule has 5 nitrogen and oxygen atoms in total. The zero-order chi connectivity index (χ0) is 14.8. The van der Waals surface area contributed by atoms with Gasteiger partial charge in [-0.25, -0.2) is 4.98 Å². The number of carbonyl (C=O) groups excluding carboxylic acids is 2. The van der Waals surface area contributed by atoms with Gasteiger partial charge in [-0.2, -0.15) is 0 Å². The Morgan fingerprint density at radius 1 is 1.60 bits per heavy atom. The summed E-state index contributed by atoms with van der Waals surface area (Å²) in [5.41, 5.74) is 0.508. The topological polar surface area (TPSA) is 59.5 Å². The molecule has 0 radical (unpaired) electrons. The zero-order valence-corrected chi connectivity index (χ0v) is 13.1. The Balaban J connectivity index is 2.42. The van der Waals surface area contributed by atoms with E-state index in [0.29, 0.717) is 19.0 Å². The second-order valence-electron chi connectivity index (χ2n) is 4.87. The van der Waals surface area contributed by atoms with Crippen LogP contribution in [0.15, 0.2) is 16.7 Å². The van der Waals surface area contributed by atoms with E-state index < -0.39 is 5.41 Å². The van der Waals surface area contributed by atoms with E-state index in [1.807, 2.05) is 13.0 Å². The van der Waals surface area contributed by atoms with Crippen molar-refractivity contribution in [1.82, 2.24) is 4.98 Å². The Kier molecular flexibility index (Phi) is 4.42. The summed E-state index contributed by atoms with van der Waals surface area (Å²) in [6, 6.07) is 1.94. The number of hydrogen-bond donors (Lipinski definition) is 0. The minimum atomic E-state index is -0.417. The molecule has 1 aliphatic heterocycles. The van der Waals surface area contributed by atoms with Crippen molar-refractivity contribution in [3.63, 3.8) is 0 Å². The molecule has 1 aliphatic rings. The maximum Gasteiger partial charge on any atom is 0.306 e. The van der Waals surface area contributed by atoms with Gasteiger partial charge in [-0.3, -0.25) is 14.5 Å². The number of fused-ring (bicyclic) bond motifs is 1. The second kappa shape index (κ2) is 5.91. The maximum absolute atomic E-state index is 11.9. The lowest BCUT2D eigenvalue weighted by atomic mass is 9.77. The third-order valence-corrected chi connectivity index (χ3v) is 4.18. The van der Waals surface area contributed by atoms with E-state index in [-0.39, 0.29) is 12.4 Å². The van der Waals surface area contributed by atoms with Crippen molar-refractivity contribution in [3.05, 3.63) is 22.3 Å². The third kappa shape index (κ3) is 2.57. The van der Waals surface area contributed by atoms with Gasteiger partial charge in [-0.1, -0.05) is 6.92 Å². The van der Waals surface area contributed by atoms with Gasteiger partial charge in [-0.05, 0) is 35.3 Å². The molecule has 108 valence electrons. The van der Waals surface area contributed by atoms with E-state index in [9.17, 15) is 9.59 Å². The molecule has 1 amide bonds. The van der Waals surface area contributed by atoms with Crippen LogP contribution in [0.3, 0.4) is 0 Å². The van der Waals surface area contributed by atoms with Crippen molar-refractivity contribution in [2.75, 3.05) is 18.1 Å². The Morgan fingerprint density at radius 2 is 2.35 bits per heavy atom. The number of esters is 1. The molecule has 0 saturated heterocycles. The van der Waals surface area contributed by atoms with Crippen molar-refractivity contribution in [2.24, 2.45) is 0 Å². The molecule has 6 heteroatoms. The van der Waals surface area contributed by atoms with Gasteiger partial charge in [0.2, 0.25) is 6.41 Å². The molecule has 1 atom stereocenters. The summed E-state index contributed by atoms with van der Waals surface area (Å²) in [4.78, 5) is 29.0. The Morgan fingerprint density at radius 3 is 2.95 bits per heavy atom. The van der Waals surface area contributed by atoms with Crippen LogP contribution in [-0.2, 0) is 19.7 Å². The van der Waals surface area contributed by atoms with Gasteiger partial charge in [0, 0.05) is 28.2 Å². The first kappa shape index (κ1) is 15.0. The van der Waals surface area contributed by atoms with Crippen molar-refractivity contribution in [3.8, 4) is 0 Å². The summed E-state index contributed by atoms with van der Waals surface area (Å²) in [6.07, 6.45) is 3.42. The number of amides is 1. The highest BCUT2D eigenvalue weighted by Gasteiger charge is 2.44. The van der Waals surface area contributed by atoms with Crippen molar-refractivity contribution in [1.29, 1.82) is 0 Å². The van der Waals surface area contributed by atoms with E-state index in [4.69, 9.17) is 4.74 Å². The fourth-order valence-electron chi connectivity index (χ4n) is 2.69. The first-order chi connectivity index (χ1) is 9.56. The first-order valence-corrected chi connectivity index (χ1v) is 7.39. The Hall–Kier alpha value is -1.43. The second-order valence-corrected chi connectivity index (χ2v) is 5.79. The first-order valence-electron chi connectivity index (χ1n) is 6.60. The van der Waals surface area contributed by atoms with Crippen LogP contribution < -0.4 is 4.90 Å². The molecule has 2 heterocycles. The van der Waals surface area contributed by atoms with E-state index in [1.165, 1.54) is 0 Å². The molecule has 0 N–H and O–H groups in total. The monoisotopic (exact) mass is 340 g/mol. The van der Waals surface area contributed by atoms with Gasteiger partial charge in [0.15, 0.2) is 0 Å². The van der Waals surface area contributed by atoms with Gasteiger partial charge in [-0.15, -0.1) is 0 Å². The fourth-order valence-corrected chi connectivity index (χ4v) is 3.02. The molecule has 0 saturated carbocycles. The predicted octanol–water partition coefficient (Wildman–Crippen LogP) is 2.42. The van der Waals surface area contributed by atoms with Crippen LogP contribution in [0.4, 0.5) is 5.82 Å². The summed E-state index contributed by atoms with van der Waals surface area (Å²) in [5, 5.41) is 0. The number of halogens is 1. The molecular formula is C14H17BrN2O3. The van der Waals surface area contributed by atoms with Gasteiger partial charge < -0.3 is 4.74 Å². The van der Waals surface area contributed by atoms with Crippen LogP contribution in [0, 0.1) is 0 Å². The zero-order valence-electron chi connectivity index (χ0n) is 11.6. The third-order valence-electron chi connectivity index (χ3n) is 3.74. The Labute approximate surface area is 126 Å². The number of rotatable bonds is 5. The number of hydrogen-bond acceptors (Lipinski definition) is 4. The maximum atomic E-state index is 11.9. The molecule has 0 aromatic carbocycles. The van der Waals surface area contributed by atoms with Gasteiger partial charge in [0.05, 0.1) is 13.0 Å². The summed E-state index contributed by atoms with van der Waals surface area (Å²) in [7, 11) is 0. The molecule has 1 aromatic heterocycles. The number of ether oxygens (including phenoxy) is 1. The molecule has 0 fully saturated rings. The quantitative estimate of drug-likeness (QED) is 0.610. The van der Waals surface area contributed by atoms with Crippen molar-refractivity contribution in [2.45, 2.75) is 32.1 Å².